The Hall–Kier alpha value is -2.62. The first-order valence-electron chi connectivity index (χ1n) is 11.7. The van der Waals surface area contributed by atoms with Crippen LogP contribution in [0.4, 0.5) is 4.39 Å². The van der Waals surface area contributed by atoms with E-state index in [0.29, 0.717) is 17.0 Å². The summed E-state index contributed by atoms with van der Waals surface area (Å²) in [5, 5.41) is 3.40. The van der Waals surface area contributed by atoms with Crippen molar-refractivity contribution < 1.29 is 17.6 Å². The van der Waals surface area contributed by atoms with Gasteiger partial charge in [-0.1, -0.05) is 50.2 Å². The molecule has 0 radical (unpaired) electrons. The van der Waals surface area contributed by atoms with Crippen molar-refractivity contribution in [3.63, 3.8) is 0 Å². The molecule has 6 nitrogen and oxygen atoms in total. The van der Waals surface area contributed by atoms with Crippen LogP contribution in [0.25, 0.3) is 10.6 Å². The van der Waals surface area contributed by atoms with Crippen LogP contribution in [0.3, 0.4) is 0 Å². The van der Waals surface area contributed by atoms with Crippen molar-refractivity contribution in [2.45, 2.75) is 39.5 Å². The molecular weight excluding hydrogens is 485 g/mol. The third kappa shape index (κ3) is 8.23. The van der Waals surface area contributed by atoms with Crippen LogP contribution >= 0.6 is 11.3 Å². The Bertz CT molecular complexity index is 1220. The van der Waals surface area contributed by atoms with Gasteiger partial charge in [0.25, 0.3) is 0 Å². The summed E-state index contributed by atoms with van der Waals surface area (Å²) in [5.74, 6) is -1.67. The number of halogens is 1. The number of carbonyl (C=O) groups is 1. The highest BCUT2D eigenvalue weighted by atomic mass is 32.2. The van der Waals surface area contributed by atoms with E-state index in [1.54, 1.807) is 19.1 Å². The van der Waals surface area contributed by atoms with Crippen LogP contribution < -0.4 is 5.32 Å². The molecule has 0 bridgehead atoms. The van der Waals surface area contributed by atoms with Gasteiger partial charge < -0.3 is 5.32 Å². The minimum Gasteiger partial charge on any atom is -0.355 e. The number of amides is 1. The van der Waals surface area contributed by atoms with Crippen molar-refractivity contribution in [1.82, 2.24) is 15.2 Å². The number of rotatable bonds is 12. The Morgan fingerprint density at radius 3 is 2.29 bits per heavy atom. The molecule has 0 unspecified atom stereocenters. The predicted molar refractivity (Wildman–Crippen MR) is 140 cm³/mol. The summed E-state index contributed by atoms with van der Waals surface area (Å²) in [6.07, 6.45) is 0.497. The van der Waals surface area contributed by atoms with Crippen molar-refractivity contribution in [2.24, 2.45) is 0 Å². The van der Waals surface area contributed by atoms with Crippen LogP contribution in [0.2, 0.25) is 0 Å². The third-order valence-electron chi connectivity index (χ3n) is 5.75. The summed E-state index contributed by atoms with van der Waals surface area (Å²) in [6.45, 7) is 9.24. The van der Waals surface area contributed by atoms with Gasteiger partial charge in [0.2, 0.25) is 5.91 Å². The van der Waals surface area contributed by atoms with Gasteiger partial charge in [0, 0.05) is 23.5 Å². The molecule has 0 aliphatic carbocycles. The minimum atomic E-state index is -3.65. The fraction of sp³-hybridized carbons (Fsp3) is 0.385. The molecule has 0 aliphatic heterocycles. The van der Waals surface area contributed by atoms with Crippen LogP contribution in [-0.4, -0.2) is 49.6 Å². The molecule has 0 fully saturated rings. The molecule has 1 aromatic heterocycles. The van der Waals surface area contributed by atoms with E-state index in [0.717, 1.165) is 35.8 Å². The van der Waals surface area contributed by atoms with E-state index < -0.39 is 21.5 Å². The van der Waals surface area contributed by atoms with Gasteiger partial charge in [0.1, 0.15) is 16.6 Å². The molecule has 0 saturated carbocycles. The number of thiazole rings is 1. The molecule has 35 heavy (non-hydrogen) atoms. The smallest absolute Gasteiger partial charge is 0.235 e. The van der Waals surface area contributed by atoms with Crippen LogP contribution in [0.5, 0.6) is 0 Å². The van der Waals surface area contributed by atoms with E-state index in [-0.39, 0.29) is 18.1 Å². The Labute approximate surface area is 211 Å². The number of nitrogens with one attached hydrogen (secondary N) is 1. The first-order chi connectivity index (χ1) is 16.7. The molecule has 2 aromatic carbocycles. The standard InChI is InChI=1S/C26H32FN3O3S2/c1-4-30(5-2)16-21-6-10-22(11-7-21)26-29-19(3)24(34-26)17-35(32,33)18-25(31)28-15-14-20-8-12-23(27)13-9-20/h6-13H,4-5,14-18H2,1-3H3,(H,28,31). The summed E-state index contributed by atoms with van der Waals surface area (Å²) < 4.78 is 38.3. The monoisotopic (exact) mass is 517 g/mol. The second kappa shape index (κ2) is 12.4. The van der Waals surface area contributed by atoms with E-state index in [1.165, 1.54) is 29.0 Å². The molecule has 188 valence electrons. The Morgan fingerprint density at radius 2 is 1.66 bits per heavy atom. The predicted octanol–water partition coefficient (Wildman–Crippen LogP) is 4.37. The topological polar surface area (TPSA) is 79.4 Å². The van der Waals surface area contributed by atoms with Gasteiger partial charge in [0.05, 0.1) is 11.4 Å². The summed E-state index contributed by atoms with van der Waals surface area (Å²) in [4.78, 5) is 19.7. The van der Waals surface area contributed by atoms with Gasteiger partial charge in [-0.3, -0.25) is 9.69 Å². The van der Waals surface area contributed by atoms with Gasteiger partial charge >= 0.3 is 0 Å². The van der Waals surface area contributed by atoms with Crippen molar-refractivity contribution in [3.05, 3.63) is 76.0 Å². The summed E-state index contributed by atoms with van der Waals surface area (Å²) in [7, 11) is -3.65. The molecule has 3 aromatic rings. The molecule has 0 aliphatic rings. The quantitative estimate of drug-likeness (QED) is 0.386. The fourth-order valence-electron chi connectivity index (χ4n) is 3.64. The number of aryl methyl sites for hydroxylation is 1. The molecule has 0 spiro atoms. The summed E-state index contributed by atoms with van der Waals surface area (Å²) >= 11 is 1.35. The van der Waals surface area contributed by atoms with Crippen LogP contribution in [0.1, 0.15) is 35.5 Å². The average molecular weight is 518 g/mol. The Morgan fingerprint density at radius 1 is 1.03 bits per heavy atom. The highest BCUT2D eigenvalue weighted by molar-refractivity contribution is 7.91. The van der Waals surface area contributed by atoms with E-state index in [2.05, 4.69) is 41.2 Å². The Kier molecular flexibility index (Phi) is 9.54. The largest absolute Gasteiger partial charge is 0.355 e. The molecule has 3 rings (SSSR count). The summed E-state index contributed by atoms with van der Waals surface area (Å²) in [6, 6.07) is 14.2. The number of hydrogen-bond acceptors (Lipinski definition) is 6. The molecule has 0 saturated heterocycles. The summed E-state index contributed by atoms with van der Waals surface area (Å²) in [5.41, 5.74) is 3.70. The van der Waals surface area contributed by atoms with Gasteiger partial charge in [-0.05, 0) is 49.7 Å². The first kappa shape index (κ1) is 27.0. The number of sulfone groups is 1. The number of nitrogens with zero attached hydrogens (tertiary/aromatic N) is 2. The van der Waals surface area contributed by atoms with Crippen molar-refractivity contribution in [2.75, 3.05) is 25.4 Å². The van der Waals surface area contributed by atoms with Gasteiger partial charge in [-0.15, -0.1) is 11.3 Å². The second-order valence-electron chi connectivity index (χ2n) is 8.44. The van der Waals surface area contributed by atoms with Crippen LogP contribution in [0.15, 0.2) is 48.5 Å². The zero-order valence-corrected chi connectivity index (χ0v) is 22.0. The van der Waals surface area contributed by atoms with E-state index in [4.69, 9.17) is 0 Å². The SMILES string of the molecule is CCN(CC)Cc1ccc(-c2nc(C)c(CS(=O)(=O)CC(=O)NCCc3ccc(F)cc3)s2)cc1. The number of benzene rings is 2. The Balaban J connectivity index is 1.56. The highest BCUT2D eigenvalue weighted by Crippen LogP contribution is 2.29. The van der Waals surface area contributed by atoms with Crippen molar-refractivity contribution in [3.8, 4) is 10.6 Å². The van der Waals surface area contributed by atoms with E-state index in [1.807, 2.05) is 12.1 Å². The lowest BCUT2D eigenvalue weighted by Gasteiger charge is -2.17. The zero-order valence-electron chi connectivity index (χ0n) is 20.4. The van der Waals surface area contributed by atoms with Gasteiger partial charge in [-0.25, -0.2) is 17.8 Å². The number of aromatic nitrogens is 1. The average Bonchev–Trinajstić information content (AvgIpc) is 3.18. The molecule has 1 amide bonds. The van der Waals surface area contributed by atoms with Gasteiger partial charge in [-0.2, -0.15) is 0 Å². The highest BCUT2D eigenvalue weighted by Gasteiger charge is 2.21. The number of carbonyl (C=O) groups excluding carboxylic acids is 1. The lowest BCUT2D eigenvalue weighted by atomic mass is 10.1. The normalized spacial score (nSPS) is 11.7. The first-order valence-corrected chi connectivity index (χ1v) is 14.3. The molecule has 0 atom stereocenters. The lowest BCUT2D eigenvalue weighted by Crippen LogP contribution is -2.32. The maximum atomic E-state index is 13.0. The van der Waals surface area contributed by atoms with Crippen molar-refractivity contribution >= 4 is 27.1 Å². The second-order valence-corrected chi connectivity index (χ2v) is 11.6. The third-order valence-corrected chi connectivity index (χ3v) is 8.57. The van der Waals surface area contributed by atoms with Crippen LogP contribution in [0, 0.1) is 12.7 Å². The van der Waals surface area contributed by atoms with Crippen molar-refractivity contribution in [1.29, 1.82) is 0 Å². The number of hydrogen-bond donors (Lipinski definition) is 1. The molecular formula is C26H32FN3O3S2. The maximum absolute atomic E-state index is 13.0. The lowest BCUT2D eigenvalue weighted by molar-refractivity contribution is -0.118. The van der Waals surface area contributed by atoms with Crippen LogP contribution in [-0.2, 0) is 33.4 Å². The van der Waals surface area contributed by atoms with E-state index >= 15 is 0 Å². The molecule has 1 heterocycles. The van der Waals surface area contributed by atoms with E-state index in [9.17, 15) is 17.6 Å². The van der Waals surface area contributed by atoms with Gasteiger partial charge in [0.15, 0.2) is 9.84 Å². The fourth-order valence-corrected chi connectivity index (χ4v) is 6.49. The zero-order chi connectivity index (χ0) is 25.4. The molecule has 9 heteroatoms. The minimum absolute atomic E-state index is 0.220. The molecule has 1 N–H and O–H groups in total. The maximum Gasteiger partial charge on any atom is 0.235 e.